The number of carbonyl (C=O) groups is 1. The zero-order chi connectivity index (χ0) is 20.4. The molecule has 0 aliphatic carbocycles. The molecular weight excluding hydrogens is 427 g/mol. The van der Waals surface area contributed by atoms with E-state index in [1.165, 1.54) is 12.1 Å². The van der Waals surface area contributed by atoms with Crippen LogP contribution in [0.1, 0.15) is 25.5 Å². The van der Waals surface area contributed by atoms with Crippen molar-refractivity contribution < 1.29 is 9.18 Å². The van der Waals surface area contributed by atoms with Crippen molar-refractivity contribution in [1.82, 2.24) is 9.78 Å². The van der Waals surface area contributed by atoms with Gasteiger partial charge < -0.3 is 5.32 Å². The zero-order valence-corrected chi connectivity index (χ0v) is 16.7. The molecule has 0 aliphatic rings. The number of hydrogen-bond acceptors (Lipinski definition) is 3. The number of carbonyl (C=O) groups excluding carboxylic acids is 1. The highest BCUT2D eigenvalue weighted by molar-refractivity contribution is 9.10. The number of nitrogens with one attached hydrogen (secondary N) is 1. The lowest BCUT2D eigenvalue weighted by molar-refractivity contribution is -0.117. The molecule has 0 spiro atoms. The van der Waals surface area contributed by atoms with Crippen LogP contribution in [0.25, 0.3) is 15.6 Å². The van der Waals surface area contributed by atoms with Gasteiger partial charge in [-0.25, -0.2) is 13.9 Å². The molecule has 6 nitrogen and oxygen atoms in total. The van der Waals surface area contributed by atoms with Gasteiger partial charge in [-0.15, -0.1) is 0 Å². The minimum absolute atomic E-state index is 0.0327. The summed E-state index contributed by atoms with van der Waals surface area (Å²) in [6, 6.07) is 9.03. The van der Waals surface area contributed by atoms with Crippen LogP contribution in [0.2, 0.25) is 0 Å². The Balaban J connectivity index is 1.95. The van der Waals surface area contributed by atoms with Crippen molar-refractivity contribution in [1.29, 1.82) is 0 Å². The van der Waals surface area contributed by atoms with E-state index in [4.69, 9.17) is 6.57 Å². The van der Waals surface area contributed by atoms with Crippen molar-refractivity contribution in [3.63, 3.8) is 0 Å². The van der Waals surface area contributed by atoms with Gasteiger partial charge in [0.1, 0.15) is 12.4 Å². The van der Waals surface area contributed by atoms with E-state index in [-0.39, 0.29) is 23.8 Å². The Hall–Kier alpha value is -3.05. The summed E-state index contributed by atoms with van der Waals surface area (Å²) in [6.45, 7) is 10.4. The van der Waals surface area contributed by atoms with Crippen molar-refractivity contribution in [2.75, 3.05) is 5.32 Å². The molecule has 1 amide bonds. The van der Waals surface area contributed by atoms with E-state index in [1.807, 2.05) is 19.9 Å². The molecule has 3 aromatic rings. The predicted octanol–water partition coefficient (Wildman–Crippen LogP) is 4.61. The summed E-state index contributed by atoms with van der Waals surface area (Å²) in [5.41, 5.74) is 0.372. The Labute approximate surface area is 168 Å². The van der Waals surface area contributed by atoms with E-state index in [9.17, 15) is 14.0 Å². The number of amides is 1. The molecule has 0 atom stereocenters. The van der Waals surface area contributed by atoms with Gasteiger partial charge >= 0.3 is 0 Å². The van der Waals surface area contributed by atoms with Crippen LogP contribution in [-0.2, 0) is 11.3 Å². The van der Waals surface area contributed by atoms with Crippen LogP contribution in [-0.4, -0.2) is 15.7 Å². The first-order chi connectivity index (χ1) is 13.3. The van der Waals surface area contributed by atoms with Crippen molar-refractivity contribution in [3.05, 3.63) is 74.2 Å². The number of hydrogen-bond donors (Lipinski definition) is 1. The number of aromatic nitrogens is 2. The van der Waals surface area contributed by atoms with E-state index < -0.39 is 17.3 Å². The normalized spacial score (nSPS) is 10.9. The summed E-state index contributed by atoms with van der Waals surface area (Å²) in [5.74, 6) is -1.27. The molecule has 1 heterocycles. The minimum Gasteiger partial charge on any atom is -0.322 e. The van der Waals surface area contributed by atoms with Crippen molar-refractivity contribution >= 4 is 44.0 Å². The smallest absolute Gasteiger partial charge is 0.275 e. The maximum absolute atomic E-state index is 14.0. The summed E-state index contributed by atoms with van der Waals surface area (Å²) in [5, 5.41) is 7.97. The number of anilines is 1. The van der Waals surface area contributed by atoms with Gasteiger partial charge in [0.05, 0.1) is 23.3 Å². The van der Waals surface area contributed by atoms with Crippen molar-refractivity contribution in [2.24, 2.45) is 0 Å². The number of halogens is 2. The topological polar surface area (TPSA) is 68.3 Å². The molecule has 0 saturated carbocycles. The van der Waals surface area contributed by atoms with Gasteiger partial charge in [0.15, 0.2) is 5.69 Å². The minimum atomic E-state index is -0.714. The Bertz CT molecular complexity index is 1180. The fourth-order valence-electron chi connectivity index (χ4n) is 2.82. The van der Waals surface area contributed by atoms with Crippen LogP contribution in [0.4, 0.5) is 15.8 Å². The predicted molar refractivity (Wildman–Crippen MR) is 109 cm³/mol. The molecule has 0 aliphatic heterocycles. The Morgan fingerprint density at radius 3 is 2.68 bits per heavy atom. The molecule has 0 bridgehead atoms. The Morgan fingerprint density at radius 2 is 2.04 bits per heavy atom. The molecule has 1 aromatic heterocycles. The average Bonchev–Trinajstić information content (AvgIpc) is 2.65. The van der Waals surface area contributed by atoms with E-state index in [2.05, 4.69) is 31.2 Å². The Morgan fingerprint density at radius 1 is 1.29 bits per heavy atom. The van der Waals surface area contributed by atoms with Gasteiger partial charge in [0, 0.05) is 9.86 Å². The first-order valence-corrected chi connectivity index (χ1v) is 9.26. The highest BCUT2D eigenvalue weighted by Gasteiger charge is 2.16. The van der Waals surface area contributed by atoms with Crippen molar-refractivity contribution in [3.8, 4) is 0 Å². The molecule has 142 valence electrons. The van der Waals surface area contributed by atoms with Crippen LogP contribution in [0.5, 0.6) is 0 Å². The molecule has 0 fully saturated rings. The molecule has 0 saturated heterocycles. The van der Waals surface area contributed by atoms with Gasteiger partial charge in [-0.05, 0) is 36.2 Å². The molecule has 0 radical (unpaired) electrons. The van der Waals surface area contributed by atoms with E-state index in [1.54, 1.807) is 12.1 Å². The first kappa shape index (κ1) is 19.7. The SMILES string of the molecule is [C-]#[N+]c1ccc(NC(=O)Cn2nc(C(C)C)c3cc(Br)ccc3c2=O)c(F)c1. The lowest BCUT2D eigenvalue weighted by Gasteiger charge is -2.14. The number of nitrogens with zero attached hydrogens (tertiary/aromatic N) is 3. The van der Waals surface area contributed by atoms with Crippen LogP contribution >= 0.6 is 15.9 Å². The van der Waals surface area contributed by atoms with Crippen LogP contribution < -0.4 is 10.9 Å². The highest BCUT2D eigenvalue weighted by Crippen LogP contribution is 2.24. The average molecular weight is 443 g/mol. The van der Waals surface area contributed by atoms with E-state index >= 15 is 0 Å². The van der Waals surface area contributed by atoms with E-state index in [0.717, 1.165) is 20.6 Å². The van der Waals surface area contributed by atoms with Gasteiger partial charge in [0.25, 0.3) is 5.56 Å². The second-order valence-electron chi connectivity index (χ2n) is 6.52. The molecule has 28 heavy (non-hydrogen) atoms. The molecular formula is C20H16BrFN4O2. The molecule has 0 unspecified atom stereocenters. The standard InChI is InChI=1S/C20H16BrFN4O2/c1-11(2)19-15-8-12(21)4-6-14(15)20(28)26(25-19)10-18(27)24-17-7-5-13(23-3)9-16(17)22/h4-9,11H,10H2,1-2H3,(H,24,27). The molecule has 3 rings (SSSR count). The maximum atomic E-state index is 14.0. The quantitative estimate of drug-likeness (QED) is 0.599. The van der Waals surface area contributed by atoms with Crippen molar-refractivity contribution in [2.45, 2.75) is 26.3 Å². The van der Waals surface area contributed by atoms with Crippen LogP contribution in [0.3, 0.4) is 0 Å². The lowest BCUT2D eigenvalue weighted by atomic mass is 10.0. The van der Waals surface area contributed by atoms with Gasteiger partial charge in [-0.1, -0.05) is 35.8 Å². The summed E-state index contributed by atoms with van der Waals surface area (Å²) in [4.78, 5) is 28.2. The maximum Gasteiger partial charge on any atom is 0.275 e. The van der Waals surface area contributed by atoms with Gasteiger partial charge in [-0.2, -0.15) is 5.10 Å². The van der Waals surface area contributed by atoms with E-state index in [0.29, 0.717) is 11.1 Å². The first-order valence-electron chi connectivity index (χ1n) is 8.47. The fraction of sp³-hybridized carbons (Fsp3) is 0.200. The summed E-state index contributed by atoms with van der Waals surface area (Å²) in [6.07, 6.45) is 0. The third-order valence-corrected chi connectivity index (χ3v) is 4.64. The molecule has 8 heteroatoms. The Kier molecular flexibility index (Phi) is 5.56. The number of benzene rings is 2. The monoisotopic (exact) mass is 442 g/mol. The second-order valence-corrected chi connectivity index (χ2v) is 7.43. The number of fused-ring (bicyclic) bond motifs is 1. The van der Waals surface area contributed by atoms with Crippen LogP contribution in [0.15, 0.2) is 45.7 Å². The fourth-order valence-corrected chi connectivity index (χ4v) is 3.18. The van der Waals surface area contributed by atoms with Gasteiger partial charge in [0.2, 0.25) is 5.91 Å². The molecule has 2 aromatic carbocycles. The third kappa shape index (κ3) is 3.94. The molecule has 1 N–H and O–H groups in total. The zero-order valence-electron chi connectivity index (χ0n) is 15.2. The lowest BCUT2D eigenvalue weighted by Crippen LogP contribution is -2.31. The third-order valence-electron chi connectivity index (χ3n) is 4.15. The summed E-state index contributed by atoms with van der Waals surface area (Å²) in [7, 11) is 0. The highest BCUT2D eigenvalue weighted by atomic mass is 79.9. The second kappa shape index (κ2) is 7.90. The summed E-state index contributed by atoms with van der Waals surface area (Å²) >= 11 is 3.40. The summed E-state index contributed by atoms with van der Waals surface area (Å²) < 4.78 is 15.9. The van der Waals surface area contributed by atoms with Gasteiger partial charge in [-0.3, -0.25) is 9.59 Å². The van der Waals surface area contributed by atoms with Crippen LogP contribution in [0, 0.1) is 12.4 Å². The largest absolute Gasteiger partial charge is 0.322 e. The number of rotatable bonds is 4.